The van der Waals surface area contributed by atoms with Crippen molar-refractivity contribution < 1.29 is 13.2 Å². The number of sulfone groups is 1. The summed E-state index contributed by atoms with van der Waals surface area (Å²) in [5, 5.41) is 4.00. The van der Waals surface area contributed by atoms with Crippen molar-refractivity contribution in [2.45, 2.75) is 6.42 Å². The smallest absolute Gasteiger partial charge is 0.263 e. The van der Waals surface area contributed by atoms with Crippen LogP contribution in [0.1, 0.15) is 16.1 Å². The van der Waals surface area contributed by atoms with Crippen LogP contribution in [0.2, 0.25) is 5.02 Å². The summed E-state index contributed by atoms with van der Waals surface area (Å²) in [6.45, 7) is 0.292. The lowest BCUT2D eigenvalue weighted by Crippen LogP contribution is -2.25. The molecule has 1 aromatic heterocycles. The zero-order chi connectivity index (χ0) is 15.6. The Morgan fingerprint density at radius 3 is 2.81 bits per heavy atom. The molecule has 0 atom stereocenters. The molecule has 5 nitrogen and oxygen atoms in total. The molecule has 0 saturated carbocycles. The van der Waals surface area contributed by atoms with E-state index in [9.17, 15) is 13.2 Å². The van der Waals surface area contributed by atoms with Gasteiger partial charge in [-0.1, -0.05) is 11.6 Å². The monoisotopic (exact) mass is 346 g/mol. The van der Waals surface area contributed by atoms with Crippen LogP contribution in [0.4, 0.5) is 5.69 Å². The number of nitrogens with two attached hydrogens (primary N) is 1. The largest absolute Gasteiger partial charge is 0.397 e. The van der Waals surface area contributed by atoms with E-state index in [1.54, 1.807) is 12.1 Å². The fraction of sp³-hybridized carbons (Fsp3) is 0.308. The zero-order valence-electron chi connectivity index (χ0n) is 11.3. The van der Waals surface area contributed by atoms with Crippen LogP contribution in [0.5, 0.6) is 0 Å². The molecule has 1 aromatic carbocycles. The van der Waals surface area contributed by atoms with Crippen molar-refractivity contribution in [2.75, 3.05) is 24.3 Å². The van der Waals surface area contributed by atoms with Gasteiger partial charge in [0.05, 0.1) is 11.4 Å². The second-order valence-corrected chi connectivity index (χ2v) is 8.47. The van der Waals surface area contributed by atoms with Crippen molar-refractivity contribution in [2.24, 2.45) is 0 Å². The van der Waals surface area contributed by atoms with E-state index >= 15 is 0 Å². The molecule has 0 aliphatic heterocycles. The maximum absolute atomic E-state index is 12.1. The van der Waals surface area contributed by atoms with Gasteiger partial charge in [0, 0.05) is 27.9 Å². The highest BCUT2D eigenvalue weighted by atomic mass is 35.5. The Morgan fingerprint density at radius 1 is 1.43 bits per heavy atom. The van der Waals surface area contributed by atoms with Crippen molar-refractivity contribution in [3.63, 3.8) is 0 Å². The maximum Gasteiger partial charge on any atom is 0.263 e. The minimum Gasteiger partial charge on any atom is -0.397 e. The number of rotatable bonds is 5. The number of fused-ring (bicyclic) bond motifs is 1. The molecule has 0 aliphatic rings. The molecule has 114 valence electrons. The van der Waals surface area contributed by atoms with Gasteiger partial charge in [-0.3, -0.25) is 4.79 Å². The third-order valence-electron chi connectivity index (χ3n) is 2.87. The molecule has 0 bridgehead atoms. The molecule has 0 saturated heterocycles. The number of nitrogens with one attached hydrogen (secondary N) is 1. The molecule has 0 fully saturated rings. The van der Waals surface area contributed by atoms with E-state index in [-0.39, 0.29) is 11.7 Å². The molecule has 2 aromatic rings. The fourth-order valence-electron chi connectivity index (χ4n) is 1.87. The molecular weight excluding hydrogens is 332 g/mol. The molecule has 1 heterocycles. The number of carbonyl (C=O) groups is 1. The van der Waals surface area contributed by atoms with Crippen LogP contribution in [0.3, 0.4) is 0 Å². The van der Waals surface area contributed by atoms with Crippen LogP contribution in [0, 0.1) is 0 Å². The van der Waals surface area contributed by atoms with E-state index in [0.717, 1.165) is 10.1 Å². The summed E-state index contributed by atoms with van der Waals surface area (Å²) in [7, 11) is -3.01. The average molecular weight is 347 g/mol. The summed E-state index contributed by atoms with van der Waals surface area (Å²) in [5.74, 6) is -0.247. The minimum atomic E-state index is -3.01. The number of anilines is 1. The van der Waals surface area contributed by atoms with Gasteiger partial charge in [-0.2, -0.15) is 0 Å². The van der Waals surface area contributed by atoms with E-state index < -0.39 is 9.84 Å². The standard InChI is InChI=1S/C13H15ClN2O3S2/c1-21(18,19)6-2-5-16-13(17)12-11(15)9-7-8(14)3-4-10(9)20-12/h3-4,7H,2,5-6,15H2,1H3,(H,16,17). The van der Waals surface area contributed by atoms with Crippen LogP contribution in [0.15, 0.2) is 18.2 Å². The molecule has 2 rings (SSSR count). The van der Waals surface area contributed by atoms with Gasteiger partial charge in [0.1, 0.15) is 14.7 Å². The third kappa shape index (κ3) is 4.09. The number of halogens is 1. The Morgan fingerprint density at radius 2 is 2.14 bits per heavy atom. The number of benzene rings is 1. The number of carbonyl (C=O) groups excluding carboxylic acids is 1. The van der Waals surface area contributed by atoms with Gasteiger partial charge < -0.3 is 11.1 Å². The summed E-state index contributed by atoms with van der Waals surface area (Å²) in [6, 6.07) is 5.29. The summed E-state index contributed by atoms with van der Waals surface area (Å²) in [4.78, 5) is 12.5. The van der Waals surface area contributed by atoms with E-state index in [1.165, 1.54) is 17.6 Å². The number of amides is 1. The molecule has 21 heavy (non-hydrogen) atoms. The topological polar surface area (TPSA) is 89.3 Å². The Balaban J connectivity index is 2.08. The Kier molecular flexibility index (Phi) is 4.75. The third-order valence-corrected chi connectivity index (χ3v) is 5.32. The van der Waals surface area contributed by atoms with E-state index in [2.05, 4.69) is 5.32 Å². The van der Waals surface area contributed by atoms with E-state index in [4.69, 9.17) is 17.3 Å². The van der Waals surface area contributed by atoms with Crippen LogP contribution >= 0.6 is 22.9 Å². The lowest BCUT2D eigenvalue weighted by molar-refractivity contribution is 0.0958. The minimum absolute atomic E-state index is 0.0464. The number of hydrogen-bond acceptors (Lipinski definition) is 5. The molecule has 3 N–H and O–H groups in total. The van der Waals surface area contributed by atoms with Gasteiger partial charge in [-0.15, -0.1) is 11.3 Å². The summed E-state index contributed by atoms with van der Waals surface area (Å²) < 4.78 is 22.9. The van der Waals surface area contributed by atoms with Gasteiger partial charge in [-0.25, -0.2) is 8.42 Å². The SMILES string of the molecule is CS(=O)(=O)CCCNC(=O)c1sc2ccc(Cl)cc2c1N. The van der Waals surface area contributed by atoms with Gasteiger partial charge >= 0.3 is 0 Å². The van der Waals surface area contributed by atoms with Gasteiger partial charge in [0.2, 0.25) is 0 Å². The molecule has 1 amide bonds. The van der Waals surface area contributed by atoms with Crippen molar-refractivity contribution in [3.8, 4) is 0 Å². The number of hydrogen-bond donors (Lipinski definition) is 2. The predicted molar refractivity (Wildman–Crippen MR) is 87.9 cm³/mol. The van der Waals surface area contributed by atoms with Gasteiger partial charge in [-0.05, 0) is 24.6 Å². The highest BCUT2D eigenvalue weighted by Crippen LogP contribution is 2.35. The van der Waals surface area contributed by atoms with Crippen molar-refractivity contribution in [1.82, 2.24) is 5.32 Å². The molecule has 0 spiro atoms. The second kappa shape index (κ2) is 6.21. The fourth-order valence-corrected chi connectivity index (χ4v) is 3.73. The quantitative estimate of drug-likeness (QED) is 0.813. The van der Waals surface area contributed by atoms with Gasteiger partial charge in [0.25, 0.3) is 5.91 Å². The first-order valence-electron chi connectivity index (χ1n) is 6.21. The maximum atomic E-state index is 12.1. The number of thiophene rings is 1. The summed E-state index contributed by atoms with van der Waals surface area (Å²) in [5.41, 5.74) is 6.38. The zero-order valence-corrected chi connectivity index (χ0v) is 13.7. The van der Waals surface area contributed by atoms with Crippen molar-refractivity contribution in [3.05, 3.63) is 28.1 Å². The molecular formula is C13H15ClN2O3S2. The Bertz CT molecular complexity index is 784. The van der Waals surface area contributed by atoms with Crippen LogP contribution in [-0.2, 0) is 9.84 Å². The second-order valence-electron chi connectivity index (χ2n) is 4.72. The molecule has 0 unspecified atom stereocenters. The normalized spacial score (nSPS) is 11.7. The Labute approximate surface area is 132 Å². The first-order chi connectivity index (χ1) is 9.78. The predicted octanol–water partition coefficient (Wildman–Crippen LogP) is 2.30. The van der Waals surface area contributed by atoms with E-state index in [0.29, 0.717) is 28.6 Å². The van der Waals surface area contributed by atoms with Gasteiger partial charge in [0.15, 0.2) is 0 Å². The lowest BCUT2D eigenvalue weighted by Gasteiger charge is -2.03. The van der Waals surface area contributed by atoms with Crippen LogP contribution in [-0.4, -0.2) is 32.9 Å². The highest BCUT2D eigenvalue weighted by Gasteiger charge is 2.16. The molecule has 0 aliphatic carbocycles. The average Bonchev–Trinajstić information content (AvgIpc) is 2.71. The first-order valence-corrected chi connectivity index (χ1v) is 9.47. The molecule has 0 radical (unpaired) electrons. The Hall–Kier alpha value is -1.31. The first kappa shape index (κ1) is 16.1. The van der Waals surface area contributed by atoms with Crippen LogP contribution < -0.4 is 11.1 Å². The van der Waals surface area contributed by atoms with Crippen molar-refractivity contribution in [1.29, 1.82) is 0 Å². The highest BCUT2D eigenvalue weighted by molar-refractivity contribution is 7.90. The summed E-state index contributed by atoms with van der Waals surface area (Å²) in [6.07, 6.45) is 1.55. The lowest BCUT2D eigenvalue weighted by atomic mass is 10.2. The molecule has 8 heteroatoms. The van der Waals surface area contributed by atoms with E-state index in [1.807, 2.05) is 6.07 Å². The summed E-state index contributed by atoms with van der Waals surface area (Å²) >= 11 is 7.21. The number of nitrogen functional groups attached to an aromatic ring is 1. The van der Waals surface area contributed by atoms with Crippen LogP contribution in [0.25, 0.3) is 10.1 Å². The van der Waals surface area contributed by atoms with Crippen molar-refractivity contribution >= 4 is 54.5 Å².